The number of ketones is 1. The second-order valence-electron chi connectivity index (χ2n) is 8.30. The predicted molar refractivity (Wildman–Crippen MR) is 127 cm³/mol. The zero-order valence-corrected chi connectivity index (χ0v) is 20.8. The van der Waals surface area contributed by atoms with Gasteiger partial charge in [0.25, 0.3) is 0 Å². The van der Waals surface area contributed by atoms with Crippen molar-refractivity contribution < 1.29 is 33.0 Å². The van der Waals surface area contributed by atoms with Crippen molar-refractivity contribution in [2.24, 2.45) is 0 Å². The first-order valence-corrected chi connectivity index (χ1v) is 11.2. The van der Waals surface area contributed by atoms with E-state index in [2.05, 4.69) is 31.3 Å². The van der Waals surface area contributed by atoms with Gasteiger partial charge in [0.15, 0.2) is 5.78 Å². The molecule has 0 heterocycles. The van der Waals surface area contributed by atoms with Crippen LogP contribution in [-0.2, 0) is 19.1 Å². The summed E-state index contributed by atoms with van der Waals surface area (Å²) in [6, 6.07) is 8.84. The van der Waals surface area contributed by atoms with Crippen LogP contribution in [0.4, 0.5) is 14.9 Å². The van der Waals surface area contributed by atoms with E-state index in [0.29, 0.717) is 4.47 Å². The molecule has 34 heavy (non-hydrogen) atoms. The maximum absolute atomic E-state index is 14.2. The molecule has 8 nitrogen and oxygen atoms in total. The van der Waals surface area contributed by atoms with Crippen molar-refractivity contribution in [1.29, 1.82) is 0 Å². The number of rotatable bonds is 8. The van der Waals surface area contributed by atoms with Crippen LogP contribution in [0.2, 0.25) is 0 Å². The van der Waals surface area contributed by atoms with Crippen LogP contribution in [0.5, 0.6) is 0 Å². The van der Waals surface area contributed by atoms with E-state index in [9.17, 15) is 23.6 Å². The van der Waals surface area contributed by atoms with Crippen molar-refractivity contribution in [3.8, 4) is 0 Å². The number of esters is 1. The van der Waals surface area contributed by atoms with Gasteiger partial charge >= 0.3 is 12.1 Å². The summed E-state index contributed by atoms with van der Waals surface area (Å²) >= 11 is 3.28. The van der Waals surface area contributed by atoms with Gasteiger partial charge in [-0.25, -0.2) is 9.18 Å². The number of hydrogen-bond donors (Lipinski definition) is 2. The maximum atomic E-state index is 14.2. The van der Waals surface area contributed by atoms with Gasteiger partial charge in [0.05, 0.1) is 18.4 Å². The van der Waals surface area contributed by atoms with Gasteiger partial charge in [-0.1, -0.05) is 28.1 Å². The molecule has 2 aromatic carbocycles. The van der Waals surface area contributed by atoms with Crippen LogP contribution in [0.25, 0.3) is 0 Å². The Labute approximate surface area is 205 Å². The second-order valence-corrected chi connectivity index (χ2v) is 9.22. The van der Waals surface area contributed by atoms with Crippen LogP contribution in [0.3, 0.4) is 0 Å². The third-order valence-corrected chi connectivity index (χ3v) is 4.97. The summed E-state index contributed by atoms with van der Waals surface area (Å²) in [5.74, 6) is -2.60. The van der Waals surface area contributed by atoms with Gasteiger partial charge in [-0.15, -0.1) is 0 Å². The molecule has 0 aliphatic heterocycles. The number of hydrogen-bond acceptors (Lipinski definition) is 6. The Balaban J connectivity index is 2.31. The number of halogens is 2. The molecule has 2 N–H and O–H groups in total. The Morgan fingerprint density at radius 3 is 2.35 bits per heavy atom. The molecular formula is C24H26BrFN2O6. The van der Waals surface area contributed by atoms with Gasteiger partial charge in [0.1, 0.15) is 17.5 Å². The van der Waals surface area contributed by atoms with Crippen molar-refractivity contribution >= 4 is 45.4 Å². The minimum absolute atomic E-state index is 0.0387. The largest absolute Gasteiger partial charge is 0.469 e. The summed E-state index contributed by atoms with van der Waals surface area (Å²) in [5.41, 5.74) is -0.823. The van der Waals surface area contributed by atoms with Crippen LogP contribution >= 0.6 is 15.9 Å². The third kappa shape index (κ3) is 7.95. The van der Waals surface area contributed by atoms with Gasteiger partial charge in [-0.3, -0.25) is 14.4 Å². The highest BCUT2D eigenvalue weighted by molar-refractivity contribution is 9.10. The Morgan fingerprint density at radius 1 is 1.06 bits per heavy atom. The normalized spacial score (nSPS) is 11.8. The van der Waals surface area contributed by atoms with E-state index in [1.165, 1.54) is 37.4 Å². The minimum atomic E-state index is -1.17. The van der Waals surface area contributed by atoms with Crippen molar-refractivity contribution in [2.75, 3.05) is 12.4 Å². The lowest BCUT2D eigenvalue weighted by Crippen LogP contribution is -2.46. The van der Waals surface area contributed by atoms with E-state index < -0.39 is 41.2 Å². The third-order valence-electron chi connectivity index (χ3n) is 4.47. The zero-order valence-electron chi connectivity index (χ0n) is 19.2. The zero-order chi connectivity index (χ0) is 25.5. The average molecular weight is 537 g/mol. The van der Waals surface area contributed by atoms with Crippen molar-refractivity contribution in [3.05, 3.63) is 63.9 Å². The van der Waals surface area contributed by atoms with Gasteiger partial charge < -0.3 is 20.1 Å². The van der Waals surface area contributed by atoms with E-state index in [1.807, 2.05) is 0 Å². The lowest BCUT2D eigenvalue weighted by atomic mass is 10.0. The molecule has 0 spiro atoms. The molecule has 0 aromatic heterocycles. The monoisotopic (exact) mass is 536 g/mol. The summed E-state index contributed by atoms with van der Waals surface area (Å²) in [4.78, 5) is 49.9. The summed E-state index contributed by atoms with van der Waals surface area (Å²) in [6.45, 7) is 5.00. The number of anilines is 1. The molecule has 0 aliphatic rings. The van der Waals surface area contributed by atoms with Gasteiger partial charge in [-0.05, 0) is 57.5 Å². The fraction of sp³-hybridized carbons (Fsp3) is 0.333. The smallest absolute Gasteiger partial charge is 0.408 e. The predicted octanol–water partition coefficient (Wildman–Crippen LogP) is 4.60. The molecule has 0 radical (unpaired) electrons. The number of carbonyl (C=O) groups is 4. The van der Waals surface area contributed by atoms with Crippen molar-refractivity contribution in [3.63, 3.8) is 0 Å². The Morgan fingerprint density at radius 2 is 1.74 bits per heavy atom. The first-order valence-electron chi connectivity index (χ1n) is 10.4. The lowest BCUT2D eigenvalue weighted by molar-refractivity contribution is -0.140. The van der Waals surface area contributed by atoms with Crippen LogP contribution in [0.1, 0.15) is 49.5 Å². The van der Waals surface area contributed by atoms with Gasteiger partial charge in [-0.2, -0.15) is 0 Å². The molecule has 1 unspecified atom stereocenters. The van der Waals surface area contributed by atoms with E-state index >= 15 is 0 Å². The number of alkyl carbamates (subject to hydrolysis) is 1. The highest BCUT2D eigenvalue weighted by Gasteiger charge is 2.27. The molecular weight excluding hydrogens is 511 g/mol. The van der Waals surface area contributed by atoms with E-state index in [4.69, 9.17) is 4.74 Å². The van der Waals surface area contributed by atoms with E-state index in [0.717, 1.165) is 6.07 Å². The summed E-state index contributed by atoms with van der Waals surface area (Å²) < 4.78 is 24.6. The van der Waals surface area contributed by atoms with Crippen LogP contribution in [-0.4, -0.2) is 42.5 Å². The van der Waals surface area contributed by atoms with Gasteiger partial charge in [0, 0.05) is 16.5 Å². The highest BCUT2D eigenvalue weighted by Crippen LogP contribution is 2.25. The molecule has 0 fully saturated rings. The van der Waals surface area contributed by atoms with Crippen LogP contribution < -0.4 is 10.6 Å². The summed E-state index contributed by atoms with van der Waals surface area (Å²) in [5, 5.41) is 5.03. The van der Waals surface area contributed by atoms with E-state index in [1.54, 1.807) is 26.8 Å². The molecule has 0 aliphatic carbocycles. The molecule has 0 bridgehead atoms. The Bertz CT molecular complexity index is 1080. The van der Waals surface area contributed by atoms with Gasteiger partial charge in [0.2, 0.25) is 5.91 Å². The number of methoxy groups -OCH3 is 1. The summed E-state index contributed by atoms with van der Waals surface area (Å²) in [6.07, 6.45) is -1.08. The SMILES string of the molecule is COC(=O)CCC(NC(=O)OC(C)(C)C)C(=O)Nc1ccc(Br)cc1C(=O)c1ccccc1F. The number of benzene rings is 2. The first kappa shape index (κ1) is 27.0. The van der Waals surface area contributed by atoms with Crippen molar-refractivity contribution in [1.82, 2.24) is 5.32 Å². The quantitative estimate of drug-likeness (QED) is 0.376. The average Bonchev–Trinajstić information content (AvgIpc) is 2.76. The molecule has 2 amide bonds. The lowest BCUT2D eigenvalue weighted by Gasteiger charge is -2.23. The number of carbonyl (C=O) groups excluding carboxylic acids is 4. The van der Waals surface area contributed by atoms with Crippen LogP contribution in [0, 0.1) is 5.82 Å². The topological polar surface area (TPSA) is 111 Å². The number of amides is 2. The standard InChI is InChI=1S/C24H26BrFN2O6/c1-24(2,3)34-23(32)28-19(11-12-20(29)33-4)22(31)27-18-10-9-14(25)13-16(18)21(30)15-7-5-6-8-17(15)26/h5-10,13,19H,11-12H2,1-4H3,(H,27,31)(H,28,32). The molecule has 0 saturated carbocycles. The molecule has 2 rings (SSSR count). The first-order chi connectivity index (χ1) is 15.9. The molecule has 182 valence electrons. The van der Waals surface area contributed by atoms with Crippen LogP contribution in [0.15, 0.2) is 46.9 Å². The van der Waals surface area contributed by atoms with Crippen molar-refractivity contribution in [2.45, 2.75) is 45.3 Å². The molecule has 2 aromatic rings. The summed E-state index contributed by atoms with van der Waals surface area (Å²) in [7, 11) is 1.21. The molecule has 1 atom stereocenters. The Hall–Kier alpha value is -3.27. The minimum Gasteiger partial charge on any atom is -0.469 e. The molecule has 10 heteroatoms. The fourth-order valence-electron chi connectivity index (χ4n) is 2.91. The molecule has 0 saturated heterocycles. The number of nitrogens with one attached hydrogen (secondary N) is 2. The highest BCUT2D eigenvalue weighted by atomic mass is 79.9. The maximum Gasteiger partial charge on any atom is 0.408 e. The second kappa shape index (κ2) is 11.7. The number of ether oxygens (including phenoxy) is 2. The Kier molecular flexibility index (Phi) is 9.31. The van der Waals surface area contributed by atoms with E-state index in [-0.39, 0.29) is 29.7 Å². The fourth-order valence-corrected chi connectivity index (χ4v) is 3.27.